The Hall–Kier alpha value is -2.66. The average Bonchev–Trinajstić information content (AvgIpc) is 2.69. The molecule has 0 amide bonds. The van der Waals surface area contributed by atoms with Crippen molar-refractivity contribution in [3.05, 3.63) is 71.8 Å². The van der Waals surface area contributed by atoms with E-state index in [1.165, 1.54) is 0 Å². The van der Waals surface area contributed by atoms with Crippen LogP contribution in [0.25, 0.3) is 0 Å². The highest BCUT2D eigenvalue weighted by atomic mass is 16.5. The van der Waals surface area contributed by atoms with Crippen molar-refractivity contribution in [2.75, 3.05) is 6.61 Å². The van der Waals surface area contributed by atoms with E-state index in [4.69, 9.17) is 9.47 Å². The Kier molecular flexibility index (Phi) is 7.55. The SMILES string of the molecule is CCC(C)OC(=O)C(CCOCc1ccccc1)(C(=O)O)c1ccccc1. The van der Waals surface area contributed by atoms with E-state index in [1.54, 1.807) is 37.3 Å². The summed E-state index contributed by atoms with van der Waals surface area (Å²) in [6, 6.07) is 18.1. The number of carboxylic acid groups (broad SMARTS) is 1. The summed E-state index contributed by atoms with van der Waals surface area (Å²) in [5.74, 6) is -1.98. The first-order valence-electron chi connectivity index (χ1n) is 9.12. The molecular formula is C22H26O5. The van der Waals surface area contributed by atoms with Crippen molar-refractivity contribution < 1.29 is 24.2 Å². The van der Waals surface area contributed by atoms with Crippen molar-refractivity contribution in [2.24, 2.45) is 0 Å². The third-order valence-corrected chi connectivity index (χ3v) is 4.60. The zero-order valence-electron chi connectivity index (χ0n) is 15.8. The van der Waals surface area contributed by atoms with Gasteiger partial charge in [0.15, 0.2) is 5.41 Å². The van der Waals surface area contributed by atoms with Gasteiger partial charge in [0.25, 0.3) is 0 Å². The van der Waals surface area contributed by atoms with Gasteiger partial charge in [0.05, 0.1) is 12.7 Å². The van der Waals surface area contributed by atoms with Crippen molar-refractivity contribution >= 4 is 11.9 Å². The molecule has 0 heterocycles. The summed E-state index contributed by atoms with van der Waals surface area (Å²) in [5, 5.41) is 9.99. The van der Waals surface area contributed by atoms with Crippen LogP contribution in [-0.2, 0) is 31.1 Å². The van der Waals surface area contributed by atoms with Gasteiger partial charge >= 0.3 is 11.9 Å². The Morgan fingerprint density at radius 1 is 1.04 bits per heavy atom. The van der Waals surface area contributed by atoms with Crippen LogP contribution >= 0.6 is 0 Å². The Morgan fingerprint density at radius 2 is 1.63 bits per heavy atom. The Morgan fingerprint density at radius 3 is 2.19 bits per heavy atom. The van der Waals surface area contributed by atoms with Gasteiger partial charge in [-0.1, -0.05) is 67.6 Å². The van der Waals surface area contributed by atoms with Gasteiger partial charge in [0.2, 0.25) is 0 Å². The molecule has 0 aliphatic heterocycles. The molecule has 2 aromatic rings. The van der Waals surface area contributed by atoms with Gasteiger partial charge in [-0.25, -0.2) is 0 Å². The minimum Gasteiger partial charge on any atom is -0.480 e. The van der Waals surface area contributed by atoms with E-state index in [-0.39, 0.29) is 19.1 Å². The monoisotopic (exact) mass is 370 g/mol. The molecule has 0 aliphatic carbocycles. The summed E-state index contributed by atoms with van der Waals surface area (Å²) in [4.78, 5) is 25.1. The van der Waals surface area contributed by atoms with Crippen LogP contribution in [0.2, 0.25) is 0 Å². The van der Waals surface area contributed by atoms with Crippen LogP contribution in [0.4, 0.5) is 0 Å². The maximum absolute atomic E-state index is 12.9. The number of esters is 1. The molecule has 5 heteroatoms. The molecule has 0 spiro atoms. The zero-order valence-corrected chi connectivity index (χ0v) is 15.8. The average molecular weight is 370 g/mol. The van der Waals surface area contributed by atoms with Crippen LogP contribution in [-0.4, -0.2) is 29.8 Å². The molecule has 0 bridgehead atoms. The van der Waals surface area contributed by atoms with E-state index >= 15 is 0 Å². The second-order valence-corrected chi connectivity index (χ2v) is 6.49. The van der Waals surface area contributed by atoms with E-state index in [2.05, 4.69) is 0 Å². The number of benzene rings is 2. The van der Waals surface area contributed by atoms with Gasteiger partial charge in [-0.2, -0.15) is 0 Å². The van der Waals surface area contributed by atoms with Gasteiger partial charge < -0.3 is 14.6 Å². The summed E-state index contributed by atoms with van der Waals surface area (Å²) >= 11 is 0. The molecular weight excluding hydrogens is 344 g/mol. The molecule has 0 saturated heterocycles. The standard InChI is InChI=1S/C22H26O5/c1-3-17(2)27-21(25)22(20(23)24,19-12-8-5-9-13-19)14-15-26-16-18-10-6-4-7-11-18/h4-13,17H,3,14-16H2,1-2H3,(H,23,24). The predicted molar refractivity (Wildman–Crippen MR) is 102 cm³/mol. The van der Waals surface area contributed by atoms with E-state index in [9.17, 15) is 14.7 Å². The molecule has 144 valence electrons. The van der Waals surface area contributed by atoms with Crippen LogP contribution in [0.15, 0.2) is 60.7 Å². The number of hydrogen-bond donors (Lipinski definition) is 1. The van der Waals surface area contributed by atoms with Crippen LogP contribution in [0.5, 0.6) is 0 Å². The number of ether oxygens (including phenoxy) is 2. The van der Waals surface area contributed by atoms with Crippen molar-refractivity contribution in [2.45, 2.75) is 44.8 Å². The lowest BCUT2D eigenvalue weighted by Gasteiger charge is -2.29. The van der Waals surface area contributed by atoms with Gasteiger partial charge in [0.1, 0.15) is 0 Å². The molecule has 0 fully saturated rings. The molecule has 1 N–H and O–H groups in total. The fourth-order valence-electron chi connectivity index (χ4n) is 2.76. The normalized spacial score (nSPS) is 14.1. The van der Waals surface area contributed by atoms with Crippen molar-refractivity contribution in [1.29, 1.82) is 0 Å². The first kappa shape index (κ1) is 20.6. The van der Waals surface area contributed by atoms with Crippen molar-refractivity contribution in [1.82, 2.24) is 0 Å². The summed E-state index contributed by atoms with van der Waals surface area (Å²) < 4.78 is 11.1. The van der Waals surface area contributed by atoms with Gasteiger partial charge in [-0.3, -0.25) is 9.59 Å². The van der Waals surface area contributed by atoms with Crippen LogP contribution in [0, 0.1) is 0 Å². The zero-order chi connectivity index (χ0) is 19.7. The number of carboxylic acids is 1. The number of rotatable bonds is 10. The Balaban J connectivity index is 2.20. The Bertz CT molecular complexity index is 729. The summed E-state index contributed by atoms with van der Waals surface area (Å²) in [6.07, 6.45) is 0.250. The quantitative estimate of drug-likeness (QED) is 0.389. The fraction of sp³-hybridized carbons (Fsp3) is 0.364. The highest BCUT2D eigenvalue weighted by molar-refractivity contribution is 6.05. The molecule has 2 aromatic carbocycles. The lowest BCUT2D eigenvalue weighted by Crippen LogP contribution is -2.47. The first-order valence-corrected chi connectivity index (χ1v) is 9.12. The second kappa shape index (κ2) is 9.88. The molecule has 2 unspecified atom stereocenters. The van der Waals surface area contributed by atoms with Crippen molar-refractivity contribution in [3.63, 3.8) is 0 Å². The van der Waals surface area contributed by atoms with E-state index in [0.717, 1.165) is 5.56 Å². The fourth-order valence-corrected chi connectivity index (χ4v) is 2.76. The molecule has 2 rings (SSSR count). The molecule has 5 nitrogen and oxygen atoms in total. The van der Waals surface area contributed by atoms with E-state index in [1.807, 2.05) is 37.3 Å². The second-order valence-electron chi connectivity index (χ2n) is 6.49. The van der Waals surface area contributed by atoms with Crippen molar-refractivity contribution in [3.8, 4) is 0 Å². The van der Waals surface area contributed by atoms with Crippen LogP contribution in [0.3, 0.4) is 0 Å². The molecule has 0 saturated carbocycles. The molecule has 2 atom stereocenters. The van der Waals surface area contributed by atoms with Crippen LogP contribution in [0.1, 0.15) is 37.8 Å². The maximum atomic E-state index is 12.9. The van der Waals surface area contributed by atoms with Gasteiger partial charge in [-0.15, -0.1) is 0 Å². The summed E-state index contributed by atoms with van der Waals surface area (Å²) in [7, 11) is 0. The maximum Gasteiger partial charge on any atom is 0.328 e. The smallest absolute Gasteiger partial charge is 0.328 e. The minimum atomic E-state index is -1.79. The van der Waals surface area contributed by atoms with E-state index < -0.39 is 17.4 Å². The largest absolute Gasteiger partial charge is 0.480 e. The number of carbonyl (C=O) groups is 2. The Labute approximate surface area is 159 Å². The number of carbonyl (C=O) groups excluding carboxylic acids is 1. The number of hydrogen-bond acceptors (Lipinski definition) is 4. The van der Waals surface area contributed by atoms with Gasteiger partial charge in [0, 0.05) is 13.0 Å². The minimum absolute atomic E-state index is 0.00551. The summed E-state index contributed by atoms with van der Waals surface area (Å²) in [6.45, 7) is 4.10. The first-order chi connectivity index (χ1) is 13.0. The van der Waals surface area contributed by atoms with Crippen LogP contribution < -0.4 is 0 Å². The molecule has 0 aromatic heterocycles. The molecule has 0 radical (unpaired) electrons. The highest BCUT2D eigenvalue weighted by Gasteiger charge is 2.49. The third kappa shape index (κ3) is 5.17. The lowest BCUT2D eigenvalue weighted by molar-refractivity contribution is -0.166. The predicted octanol–water partition coefficient (Wildman–Crippen LogP) is 3.96. The summed E-state index contributed by atoms with van der Waals surface area (Å²) in [5.41, 5.74) is -0.407. The van der Waals surface area contributed by atoms with Gasteiger partial charge in [-0.05, 0) is 24.5 Å². The number of aliphatic carboxylic acids is 1. The highest BCUT2D eigenvalue weighted by Crippen LogP contribution is 2.31. The molecule has 27 heavy (non-hydrogen) atoms. The lowest BCUT2D eigenvalue weighted by atomic mass is 9.77. The topological polar surface area (TPSA) is 72.8 Å². The third-order valence-electron chi connectivity index (χ3n) is 4.60. The van der Waals surface area contributed by atoms with E-state index in [0.29, 0.717) is 18.6 Å². The molecule has 0 aliphatic rings.